The molecule has 2 aromatic heterocycles. The molecule has 0 saturated carbocycles. The summed E-state index contributed by atoms with van der Waals surface area (Å²) in [6.45, 7) is 3.38. The fraction of sp³-hybridized carbons (Fsp3) is 0.200. The number of aromatic amines is 1. The number of H-pyrrole nitrogens is 1. The van der Waals surface area contributed by atoms with Crippen molar-refractivity contribution in [2.75, 3.05) is 5.32 Å². The molecule has 0 atom stereocenters. The molecule has 118 valence electrons. The summed E-state index contributed by atoms with van der Waals surface area (Å²) in [5.74, 6) is -0.313. The van der Waals surface area contributed by atoms with Gasteiger partial charge in [0.05, 0.1) is 29.0 Å². The zero-order valence-electron chi connectivity index (χ0n) is 12.6. The van der Waals surface area contributed by atoms with E-state index >= 15 is 0 Å². The van der Waals surface area contributed by atoms with E-state index in [1.165, 1.54) is 4.68 Å². The van der Waals surface area contributed by atoms with Crippen LogP contribution >= 0.6 is 0 Å². The molecule has 0 radical (unpaired) electrons. The van der Waals surface area contributed by atoms with Crippen LogP contribution in [0.15, 0.2) is 29.3 Å². The molecule has 3 aromatic rings. The van der Waals surface area contributed by atoms with Gasteiger partial charge in [-0.1, -0.05) is 6.92 Å². The minimum absolute atomic E-state index is 0.227. The molecule has 0 unspecified atom stereocenters. The number of hydrogen-bond acceptors (Lipinski definition) is 4. The lowest BCUT2D eigenvalue weighted by Crippen LogP contribution is -2.17. The van der Waals surface area contributed by atoms with E-state index in [1.54, 1.807) is 26.0 Å². The minimum atomic E-state index is -0.550. The highest BCUT2D eigenvalue weighted by molar-refractivity contribution is 5.99. The van der Waals surface area contributed by atoms with E-state index in [2.05, 4.69) is 20.4 Å². The Balaban J connectivity index is 2.35. The molecule has 1 aromatic carbocycles. The van der Waals surface area contributed by atoms with Gasteiger partial charge in [-0.2, -0.15) is 5.10 Å². The quantitative estimate of drug-likeness (QED) is 0.772. The first kappa shape index (κ1) is 14.9. The summed E-state index contributed by atoms with van der Waals surface area (Å²) in [5.41, 5.74) is 0.697. The largest absolute Gasteiger partial charge is 0.324 e. The highest BCUT2D eigenvalue weighted by Crippen LogP contribution is 2.27. The van der Waals surface area contributed by atoms with Crippen LogP contribution in [0.5, 0.6) is 0 Å². The Labute approximate surface area is 130 Å². The summed E-state index contributed by atoms with van der Waals surface area (Å²) < 4.78 is 14.6. The van der Waals surface area contributed by atoms with Crippen molar-refractivity contribution < 1.29 is 9.18 Å². The molecule has 0 fully saturated rings. The lowest BCUT2D eigenvalue weighted by Gasteiger charge is -2.13. The number of nitrogens with one attached hydrogen (secondary N) is 2. The monoisotopic (exact) mass is 315 g/mol. The van der Waals surface area contributed by atoms with Gasteiger partial charge in [0.2, 0.25) is 5.91 Å². The number of amides is 1. The van der Waals surface area contributed by atoms with Gasteiger partial charge in [0.1, 0.15) is 11.5 Å². The third kappa shape index (κ3) is 2.70. The van der Waals surface area contributed by atoms with E-state index in [1.807, 2.05) is 0 Å². The van der Waals surface area contributed by atoms with Crippen LogP contribution in [0.3, 0.4) is 0 Å². The number of fused-ring (bicyclic) bond motifs is 1. The van der Waals surface area contributed by atoms with Crippen LogP contribution in [0.4, 0.5) is 10.1 Å². The molecule has 7 nitrogen and oxygen atoms in total. The SMILES string of the molecule is CCC(=O)Nc1ccc2nc(C)[nH]c(=O)c2c1-n1cc(F)cn1. The molecule has 2 N–H and O–H groups in total. The first-order chi connectivity index (χ1) is 11.0. The van der Waals surface area contributed by atoms with Crippen LogP contribution in [0, 0.1) is 12.7 Å². The first-order valence-electron chi connectivity index (χ1n) is 7.03. The van der Waals surface area contributed by atoms with Crippen molar-refractivity contribution in [1.82, 2.24) is 19.7 Å². The second-order valence-corrected chi connectivity index (χ2v) is 5.01. The van der Waals surface area contributed by atoms with Crippen molar-refractivity contribution >= 4 is 22.5 Å². The van der Waals surface area contributed by atoms with Crippen LogP contribution in [0.2, 0.25) is 0 Å². The van der Waals surface area contributed by atoms with Gasteiger partial charge in [-0.3, -0.25) is 9.59 Å². The smallest absolute Gasteiger partial charge is 0.261 e. The van der Waals surface area contributed by atoms with Crippen LogP contribution in [-0.2, 0) is 4.79 Å². The van der Waals surface area contributed by atoms with E-state index in [0.717, 1.165) is 12.4 Å². The number of rotatable bonds is 3. The fourth-order valence-corrected chi connectivity index (χ4v) is 2.33. The first-order valence-corrected chi connectivity index (χ1v) is 7.03. The summed E-state index contributed by atoms with van der Waals surface area (Å²) in [4.78, 5) is 31.0. The molecule has 23 heavy (non-hydrogen) atoms. The van der Waals surface area contributed by atoms with Crippen molar-refractivity contribution in [2.24, 2.45) is 0 Å². The number of aromatic nitrogens is 4. The lowest BCUT2D eigenvalue weighted by atomic mass is 10.1. The number of anilines is 1. The van der Waals surface area contributed by atoms with E-state index in [4.69, 9.17) is 0 Å². The zero-order valence-corrected chi connectivity index (χ0v) is 12.6. The van der Waals surface area contributed by atoms with E-state index in [9.17, 15) is 14.0 Å². The average Bonchev–Trinajstić information content (AvgIpc) is 2.93. The molecular weight excluding hydrogens is 301 g/mol. The Hall–Kier alpha value is -3.03. The van der Waals surface area contributed by atoms with Crippen LogP contribution in [0.1, 0.15) is 19.2 Å². The third-order valence-electron chi connectivity index (χ3n) is 3.34. The van der Waals surface area contributed by atoms with Gasteiger partial charge in [-0.15, -0.1) is 0 Å². The van der Waals surface area contributed by atoms with Gasteiger partial charge >= 0.3 is 0 Å². The van der Waals surface area contributed by atoms with Gasteiger partial charge in [-0.25, -0.2) is 14.1 Å². The van der Waals surface area contributed by atoms with E-state index < -0.39 is 5.82 Å². The summed E-state index contributed by atoms with van der Waals surface area (Å²) >= 11 is 0. The Kier molecular flexibility index (Phi) is 3.65. The van der Waals surface area contributed by atoms with E-state index in [-0.39, 0.29) is 29.0 Å². The fourth-order valence-electron chi connectivity index (χ4n) is 2.33. The Morgan fingerprint density at radius 2 is 2.22 bits per heavy atom. The maximum Gasteiger partial charge on any atom is 0.261 e. The summed E-state index contributed by atoms with van der Waals surface area (Å²) in [5, 5.41) is 6.83. The van der Waals surface area contributed by atoms with Crippen molar-refractivity contribution in [3.8, 4) is 5.69 Å². The van der Waals surface area contributed by atoms with Gasteiger partial charge in [0.25, 0.3) is 5.56 Å². The third-order valence-corrected chi connectivity index (χ3v) is 3.34. The topological polar surface area (TPSA) is 92.7 Å². The van der Waals surface area contributed by atoms with Crippen molar-refractivity contribution in [1.29, 1.82) is 0 Å². The molecule has 2 heterocycles. The Morgan fingerprint density at radius 1 is 1.43 bits per heavy atom. The van der Waals surface area contributed by atoms with Crippen LogP contribution in [-0.4, -0.2) is 25.7 Å². The minimum Gasteiger partial charge on any atom is -0.324 e. The second kappa shape index (κ2) is 5.64. The molecule has 0 aliphatic heterocycles. The normalized spacial score (nSPS) is 10.9. The molecule has 1 amide bonds. The number of halogens is 1. The summed E-state index contributed by atoms with van der Waals surface area (Å²) in [6.07, 6.45) is 2.43. The average molecular weight is 315 g/mol. The van der Waals surface area contributed by atoms with Gasteiger partial charge < -0.3 is 10.3 Å². The maximum absolute atomic E-state index is 13.4. The van der Waals surface area contributed by atoms with Crippen molar-refractivity contribution in [3.05, 3.63) is 46.5 Å². The number of aryl methyl sites for hydroxylation is 1. The number of carbonyl (C=O) groups is 1. The lowest BCUT2D eigenvalue weighted by molar-refractivity contribution is -0.115. The van der Waals surface area contributed by atoms with E-state index in [0.29, 0.717) is 17.0 Å². The van der Waals surface area contributed by atoms with Crippen molar-refractivity contribution in [3.63, 3.8) is 0 Å². The van der Waals surface area contributed by atoms with Gasteiger partial charge in [0, 0.05) is 6.42 Å². The second-order valence-electron chi connectivity index (χ2n) is 5.01. The molecular formula is C15H14FN5O2. The van der Waals surface area contributed by atoms with Crippen molar-refractivity contribution in [2.45, 2.75) is 20.3 Å². The predicted molar refractivity (Wildman–Crippen MR) is 83.1 cm³/mol. The summed E-state index contributed by atoms with van der Waals surface area (Å²) in [6, 6.07) is 3.25. The maximum atomic E-state index is 13.4. The molecule has 0 bridgehead atoms. The van der Waals surface area contributed by atoms with Crippen LogP contribution in [0.25, 0.3) is 16.6 Å². The number of nitrogens with zero attached hydrogens (tertiary/aromatic N) is 3. The number of carbonyl (C=O) groups excluding carboxylic acids is 1. The highest BCUT2D eigenvalue weighted by atomic mass is 19.1. The molecule has 0 aliphatic rings. The molecule has 3 rings (SSSR count). The molecule has 0 aliphatic carbocycles. The molecule has 0 spiro atoms. The Morgan fingerprint density at radius 3 is 2.87 bits per heavy atom. The van der Waals surface area contributed by atoms with Crippen LogP contribution < -0.4 is 10.9 Å². The standard InChI is InChI=1S/C15H14FN5O2/c1-3-12(22)20-11-5-4-10-13(15(23)19-8(2)18-10)14(11)21-7-9(16)6-17-21/h4-7H,3H2,1-2H3,(H,20,22)(H,18,19,23). The molecule has 8 heteroatoms. The van der Waals surface area contributed by atoms with Gasteiger partial charge in [0.15, 0.2) is 5.82 Å². The predicted octanol–water partition coefficient (Wildman–Crippen LogP) is 1.90. The highest BCUT2D eigenvalue weighted by Gasteiger charge is 2.17. The zero-order chi connectivity index (χ0) is 16.6. The van der Waals surface area contributed by atoms with Gasteiger partial charge in [-0.05, 0) is 19.1 Å². The number of benzene rings is 1. The summed E-state index contributed by atoms with van der Waals surface area (Å²) in [7, 11) is 0. The number of hydrogen-bond donors (Lipinski definition) is 2. The Bertz CT molecular complexity index is 960. The molecule has 0 saturated heterocycles.